The van der Waals surface area contributed by atoms with E-state index >= 15 is 0 Å². The summed E-state index contributed by atoms with van der Waals surface area (Å²) >= 11 is 6.24. The molecule has 2 aliphatic rings. The lowest BCUT2D eigenvalue weighted by Crippen LogP contribution is -2.36. The Morgan fingerprint density at radius 3 is 2.43 bits per heavy atom. The van der Waals surface area contributed by atoms with Crippen molar-refractivity contribution in [2.24, 2.45) is 5.92 Å². The standard InChI is InChI=1S/C21H23ClN2O3S/c22-18-9-3-2-8-15(18)16-14-17(16)21(25)23-19-10-4-5-11-20(19)28(26,27)24-12-6-1-7-13-24/h2-5,8-11,16-17H,1,6-7,12-14H2,(H,23,25). The van der Waals surface area contributed by atoms with Crippen LogP contribution < -0.4 is 5.32 Å². The summed E-state index contributed by atoms with van der Waals surface area (Å²) in [7, 11) is -3.62. The fourth-order valence-electron chi connectivity index (χ4n) is 3.87. The summed E-state index contributed by atoms with van der Waals surface area (Å²) in [4.78, 5) is 12.9. The van der Waals surface area contributed by atoms with Gasteiger partial charge in [0.15, 0.2) is 0 Å². The van der Waals surface area contributed by atoms with E-state index in [4.69, 9.17) is 11.6 Å². The quantitative estimate of drug-likeness (QED) is 0.788. The molecule has 0 bridgehead atoms. The number of carbonyl (C=O) groups is 1. The lowest BCUT2D eigenvalue weighted by Gasteiger charge is -2.26. The molecule has 5 nitrogen and oxygen atoms in total. The molecule has 1 amide bonds. The van der Waals surface area contributed by atoms with Crippen LogP contribution in [0.2, 0.25) is 5.02 Å². The smallest absolute Gasteiger partial charge is 0.245 e. The van der Waals surface area contributed by atoms with Crippen molar-refractivity contribution >= 4 is 33.2 Å². The molecule has 0 radical (unpaired) electrons. The Bertz CT molecular complexity index is 987. The summed E-state index contributed by atoms with van der Waals surface area (Å²) < 4.78 is 27.6. The van der Waals surface area contributed by atoms with Crippen molar-refractivity contribution in [1.82, 2.24) is 4.31 Å². The highest BCUT2D eigenvalue weighted by Crippen LogP contribution is 2.50. The SMILES string of the molecule is O=C(Nc1ccccc1S(=O)(=O)N1CCCCC1)C1CC1c1ccccc1Cl. The van der Waals surface area contributed by atoms with Gasteiger partial charge < -0.3 is 5.32 Å². The molecular formula is C21H23ClN2O3S. The minimum absolute atomic E-state index is 0.0829. The van der Waals surface area contributed by atoms with Gasteiger partial charge in [-0.1, -0.05) is 48.4 Å². The number of anilines is 1. The van der Waals surface area contributed by atoms with Crippen molar-refractivity contribution < 1.29 is 13.2 Å². The first kappa shape index (κ1) is 19.4. The minimum atomic E-state index is -3.62. The maximum absolute atomic E-state index is 13.1. The largest absolute Gasteiger partial charge is 0.325 e. The Balaban J connectivity index is 1.52. The van der Waals surface area contributed by atoms with Crippen LogP contribution in [0.1, 0.15) is 37.2 Å². The fraction of sp³-hybridized carbons (Fsp3) is 0.381. The number of hydrogen-bond acceptors (Lipinski definition) is 3. The predicted molar refractivity (Wildman–Crippen MR) is 110 cm³/mol. The molecule has 1 aliphatic carbocycles. The summed E-state index contributed by atoms with van der Waals surface area (Å²) in [5, 5.41) is 3.51. The first-order valence-corrected chi connectivity index (χ1v) is 11.4. The van der Waals surface area contributed by atoms with Crippen LogP contribution in [0.5, 0.6) is 0 Å². The average molecular weight is 419 g/mol. The molecule has 0 spiro atoms. The fourth-order valence-corrected chi connectivity index (χ4v) is 5.81. The molecule has 2 aromatic rings. The van der Waals surface area contributed by atoms with Crippen molar-refractivity contribution in [3.8, 4) is 0 Å². The van der Waals surface area contributed by atoms with Gasteiger partial charge in [0.2, 0.25) is 15.9 Å². The summed E-state index contributed by atoms with van der Waals surface area (Å²) in [6.45, 7) is 1.06. The number of hydrogen-bond donors (Lipinski definition) is 1. The van der Waals surface area contributed by atoms with E-state index in [0.717, 1.165) is 31.2 Å². The first-order valence-electron chi connectivity index (χ1n) is 9.63. The van der Waals surface area contributed by atoms with Crippen LogP contribution in [-0.2, 0) is 14.8 Å². The van der Waals surface area contributed by atoms with E-state index in [-0.39, 0.29) is 22.6 Å². The number of para-hydroxylation sites is 1. The number of carbonyl (C=O) groups excluding carboxylic acids is 1. The topological polar surface area (TPSA) is 66.5 Å². The Morgan fingerprint density at radius 1 is 1.00 bits per heavy atom. The Kier molecular flexibility index (Phi) is 5.45. The molecule has 1 heterocycles. The lowest BCUT2D eigenvalue weighted by molar-refractivity contribution is -0.117. The number of nitrogens with zero attached hydrogens (tertiary/aromatic N) is 1. The highest BCUT2D eigenvalue weighted by atomic mass is 35.5. The van der Waals surface area contributed by atoms with Crippen molar-refractivity contribution in [2.75, 3.05) is 18.4 Å². The number of benzene rings is 2. The summed E-state index contributed by atoms with van der Waals surface area (Å²) in [5.41, 5.74) is 1.32. The minimum Gasteiger partial charge on any atom is -0.325 e. The molecular weight excluding hydrogens is 396 g/mol. The van der Waals surface area contributed by atoms with Gasteiger partial charge in [0.25, 0.3) is 0 Å². The summed E-state index contributed by atoms with van der Waals surface area (Å²) in [5.74, 6) is -0.267. The molecule has 148 valence electrons. The first-order chi connectivity index (χ1) is 13.5. The predicted octanol–water partition coefficient (Wildman–Crippen LogP) is 4.26. The zero-order valence-electron chi connectivity index (χ0n) is 15.5. The number of halogens is 1. The number of rotatable bonds is 5. The number of piperidine rings is 1. The van der Waals surface area contributed by atoms with Crippen molar-refractivity contribution in [3.63, 3.8) is 0 Å². The van der Waals surface area contributed by atoms with E-state index < -0.39 is 10.0 Å². The zero-order chi connectivity index (χ0) is 19.7. The molecule has 2 unspecified atom stereocenters. The van der Waals surface area contributed by atoms with Gasteiger partial charge in [-0.05, 0) is 48.9 Å². The molecule has 4 rings (SSSR count). The summed E-state index contributed by atoms with van der Waals surface area (Å²) in [6, 6.07) is 14.2. The van der Waals surface area contributed by atoms with Crippen LogP contribution in [0.4, 0.5) is 5.69 Å². The Morgan fingerprint density at radius 2 is 1.68 bits per heavy atom. The van der Waals surface area contributed by atoms with E-state index in [1.54, 1.807) is 24.3 Å². The van der Waals surface area contributed by atoms with Crippen molar-refractivity contribution in [1.29, 1.82) is 0 Å². The van der Waals surface area contributed by atoms with E-state index in [1.165, 1.54) is 4.31 Å². The third-order valence-corrected chi connectivity index (χ3v) is 7.81. The second kappa shape index (κ2) is 7.85. The van der Waals surface area contributed by atoms with Gasteiger partial charge in [0.05, 0.1) is 5.69 Å². The van der Waals surface area contributed by atoms with Gasteiger partial charge in [0.1, 0.15) is 4.90 Å². The monoisotopic (exact) mass is 418 g/mol. The molecule has 1 saturated carbocycles. The van der Waals surface area contributed by atoms with E-state index in [9.17, 15) is 13.2 Å². The second-order valence-electron chi connectivity index (χ2n) is 7.42. The van der Waals surface area contributed by atoms with Crippen LogP contribution in [-0.4, -0.2) is 31.7 Å². The van der Waals surface area contributed by atoms with Gasteiger partial charge in [-0.2, -0.15) is 4.31 Å². The molecule has 2 fully saturated rings. The van der Waals surface area contributed by atoms with Crippen molar-refractivity contribution in [2.45, 2.75) is 36.5 Å². The average Bonchev–Trinajstić information content (AvgIpc) is 3.50. The molecule has 0 aromatic heterocycles. The van der Waals surface area contributed by atoms with Crippen LogP contribution in [0.25, 0.3) is 0 Å². The molecule has 28 heavy (non-hydrogen) atoms. The van der Waals surface area contributed by atoms with Crippen LogP contribution in [0, 0.1) is 5.92 Å². The van der Waals surface area contributed by atoms with Gasteiger partial charge in [0, 0.05) is 24.0 Å². The molecule has 1 saturated heterocycles. The van der Waals surface area contributed by atoms with Gasteiger partial charge >= 0.3 is 0 Å². The molecule has 7 heteroatoms. The third kappa shape index (κ3) is 3.81. The third-order valence-electron chi connectivity index (χ3n) is 5.51. The number of amides is 1. The van der Waals surface area contributed by atoms with Gasteiger partial charge in [-0.15, -0.1) is 0 Å². The van der Waals surface area contributed by atoms with Crippen LogP contribution >= 0.6 is 11.6 Å². The second-order valence-corrected chi connectivity index (χ2v) is 9.73. The maximum atomic E-state index is 13.1. The number of sulfonamides is 1. The van der Waals surface area contributed by atoms with E-state index in [2.05, 4.69) is 5.32 Å². The van der Waals surface area contributed by atoms with Crippen LogP contribution in [0.15, 0.2) is 53.4 Å². The van der Waals surface area contributed by atoms with Gasteiger partial charge in [-0.3, -0.25) is 4.79 Å². The zero-order valence-corrected chi connectivity index (χ0v) is 17.0. The van der Waals surface area contributed by atoms with Crippen molar-refractivity contribution in [3.05, 3.63) is 59.1 Å². The Labute approximate surface area is 170 Å². The highest BCUT2D eigenvalue weighted by Gasteiger charge is 2.45. The number of nitrogens with one attached hydrogen (secondary N) is 1. The molecule has 2 aromatic carbocycles. The van der Waals surface area contributed by atoms with Gasteiger partial charge in [-0.25, -0.2) is 8.42 Å². The van der Waals surface area contributed by atoms with E-state index in [0.29, 0.717) is 23.8 Å². The molecule has 1 N–H and O–H groups in total. The van der Waals surface area contributed by atoms with Crippen LogP contribution in [0.3, 0.4) is 0 Å². The lowest BCUT2D eigenvalue weighted by atomic mass is 10.1. The normalized spacial score (nSPS) is 22.6. The highest BCUT2D eigenvalue weighted by molar-refractivity contribution is 7.89. The van der Waals surface area contributed by atoms with E-state index in [1.807, 2.05) is 24.3 Å². The molecule has 2 atom stereocenters. The Hall–Kier alpha value is -1.89. The summed E-state index contributed by atoms with van der Waals surface area (Å²) in [6.07, 6.45) is 3.51. The maximum Gasteiger partial charge on any atom is 0.245 e. The molecule has 1 aliphatic heterocycles.